The molecule has 5 heteroatoms. The maximum Gasteiger partial charge on any atom is 0.319 e. The first-order valence-electron chi connectivity index (χ1n) is 7.90. The molecule has 1 amide bonds. The van der Waals surface area contributed by atoms with Crippen LogP contribution < -0.4 is 4.90 Å². The van der Waals surface area contributed by atoms with E-state index in [1.165, 1.54) is 0 Å². The van der Waals surface area contributed by atoms with Crippen LogP contribution in [0.15, 0.2) is 54.6 Å². The van der Waals surface area contributed by atoms with E-state index in [1.807, 2.05) is 42.5 Å². The van der Waals surface area contributed by atoms with Crippen molar-refractivity contribution in [2.24, 2.45) is 5.92 Å². The number of esters is 1. The van der Waals surface area contributed by atoms with Gasteiger partial charge in [-0.1, -0.05) is 41.9 Å². The molecule has 1 aliphatic heterocycles. The van der Waals surface area contributed by atoms with Gasteiger partial charge in [-0.05, 0) is 36.8 Å². The maximum atomic E-state index is 12.9. The predicted molar refractivity (Wildman–Crippen MR) is 93.1 cm³/mol. The zero-order valence-electron chi connectivity index (χ0n) is 13.3. The number of hydrogen-bond donors (Lipinski definition) is 0. The van der Waals surface area contributed by atoms with Crippen LogP contribution in [-0.2, 0) is 14.3 Å². The molecule has 1 saturated heterocycles. The van der Waals surface area contributed by atoms with E-state index in [0.717, 1.165) is 11.3 Å². The normalized spacial score (nSPS) is 20.2. The molecule has 0 radical (unpaired) electrons. The van der Waals surface area contributed by atoms with Gasteiger partial charge >= 0.3 is 5.97 Å². The van der Waals surface area contributed by atoms with Crippen molar-refractivity contribution in [1.82, 2.24) is 0 Å². The average molecular weight is 344 g/mol. The quantitative estimate of drug-likeness (QED) is 0.629. The van der Waals surface area contributed by atoms with Crippen molar-refractivity contribution < 1.29 is 14.3 Å². The summed E-state index contributed by atoms with van der Waals surface area (Å²) in [4.78, 5) is 26.9. The van der Waals surface area contributed by atoms with Crippen LogP contribution in [0.3, 0.4) is 0 Å². The summed E-state index contributed by atoms with van der Waals surface area (Å²) in [5.41, 5.74) is 1.69. The van der Waals surface area contributed by atoms with Crippen molar-refractivity contribution in [3.8, 4) is 0 Å². The second-order valence-corrected chi connectivity index (χ2v) is 6.11. The van der Waals surface area contributed by atoms with Crippen LogP contribution in [0.25, 0.3) is 0 Å². The molecule has 0 aliphatic carbocycles. The Morgan fingerprint density at radius 1 is 1.17 bits per heavy atom. The largest absolute Gasteiger partial charge is 0.465 e. The van der Waals surface area contributed by atoms with Crippen molar-refractivity contribution in [3.05, 3.63) is 65.2 Å². The topological polar surface area (TPSA) is 46.6 Å². The highest BCUT2D eigenvalue weighted by atomic mass is 35.5. The van der Waals surface area contributed by atoms with Gasteiger partial charge in [0.15, 0.2) is 0 Å². The molecule has 0 aromatic heterocycles. The summed E-state index contributed by atoms with van der Waals surface area (Å²) in [6, 6.07) is 16.6. The summed E-state index contributed by atoms with van der Waals surface area (Å²) in [7, 11) is 0. The fraction of sp³-hybridized carbons (Fsp3) is 0.263. The van der Waals surface area contributed by atoms with Crippen LogP contribution in [-0.4, -0.2) is 25.0 Å². The number of anilines is 1. The fourth-order valence-corrected chi connectivity index (χ4v) is 3.20. The standard InChI is InChI=1S/C19H18ClNO3/c1-2-24-19(23)17-16(13-8-10-14(20)11-9-13)12-21(18(17)22)15-6-4-3-5-7-15/h3-11,16-17H,2,12H2,1H3/t16-,17-/m1/s1. The van der Waals surface area contributed by atoms with E-state index in [9.17, 15) is 9.59 Å². The van der Waals surface area contributed by atoms with E-state index in [2.05, 4.69) is 0 Å². The summed E-state index contributed by atoms with van der Waals surface area (Å²) < 4.78 is 5.14. The lowest BCUT2D eigenvalue weighted by Gasteiger charge is -2.16. The SMILES string of the molecule is CCOC(=O)[C@H]1C(=O)N(c2ccccc2)C[C@@H]1c1ccc(Cl)cc1. The van der Waals surface area contributed by atoms with Crippen LogP contribution in [0.4, 0.5) is 5.69 Å². The first-order valence-corrected chi connectivity index (χ1v) is 8.28. The van der Waals surface area contributed by atoms with Gasteiger partial charge < -0.3 is 9.64 Å². The molecule has 0 spiro atoms. The van der Waals surface area contributed by atoms with Gasteiger partial charge in [0.05, 0.1) is 6.61 Å². The van der Waals surface area contributed by atoms with E-state index in [1.54, 1.807) is 24.0 Å². The molecular formula is C19H18ClNO3. The molecule has 1 fully saturated rings. The second-order valence-electron chi connectivity index (χ2n) is 5.67. The molecule has 124 valence electrons. The van der Waals surface area contributed by atoms with E-state index in [-0.39, 0.29) is 18.4 Å². The fourth-order valence-electron chi connectivity index (χ4n) is 3.08. The molecule has 2 atom stereocenters. The molecule has 0 saturated carbocycles. The smallest absolute Gasteiger partial charge is 0.319 e. The number of hydrogen-bond acceptors (Lipinski definition) is 3. The number of carbonyl (C=O) groups is 2. The Kier molecular flexibility index (Phi) is 4.86. The Labute approximate surface area is 146 Å². The third-order valence-electron chi connectivity index (χ3n) is 4.22. The van der Waals surface area contributed by atoms with E-state index in [0.29, 0.717) is 11.6 Å². The Hall–Kier alpha value is -2.33. The number of benzene rings is 2. The lowest BCUT2D eigenvalue weighted by molar-refractivity contribution is -0.150. The molecule has 1 heterocycles. The summed E-state index contributed by atoms with van der Waals surface area (Å²) in [6.45, 7) is 2.43. The van der Waals surface area contributed by atoms with Crippen LogP contribution in [0.2, 0.25) is 5.02 Å². The van der Waals surface area contributed by atoms with Crippen molar-refractivity contribution in [1.29, 1.82) is 0 Å². The van der Waals surface area contributed by atoms with E-state index >= 15 is 0 Å². The zero-order valence-corrected chi connectivity index (χ0v) is 14.1. The minimum absolute atomic E-state index is 0.223. The molecule has 0 unspecified atom stereocenters. The van der Waals surface area contributed by atoms with Gasteiger partial charge in [-0.3, -0.25) is 9.59 Å². The monoisotopic (exact) mass is 343 g/mol. The van der Waals surface area contributed by atoms with Gasteiger partial charge in [0, 0.05) is 23.2 Å². The Morgan fingerprint density at radius 3 is 2.46 bits per heavy atom. The minimum Gasteiger partial charge on any atom is -0.465 e. The number of ether oxygens (including phenoxy) is 1. The zero-order chi connectivity index (χ0) is 17.1. The number of carbonyl (C=O) groups excluding carboxylic acids is 2. The van der Waals surface area contributed by atoms with Crippen molar-refractivity contribution in [2.75, 3.05) is 18.1 Å². The lowest BCUT2D eigenvalue weighted by atomic mass is 9.88. The first-order chi connectivity index (χ1) is 11.6. The number of rotatable bonds is 4. The number of para-hydroxylation sites is 1. The lowest BCUT2D eigenvalue weighted by Crippen LogP contribution is -2.31. The van der Waals surface area contributed by atoms with E-state index in [4.69, 9.17) is 16.3 Å². The second kappa shape index (κ2) is 7.05. The van der Waals surface area contributed by atoms with Gasteiger partial charge in [0.25, 0.3) is 0 Å². The number of amides is 1. The molecule has 0 bridgehead atoms. The Morgan fingerprint density at radius 2 is 1.83 bits per heavy atom. The summed E-state index contributed by atoms with van der Waals surface area (Å²) >= 11 is 5.95. The third kappa shape index (κ3) is 3.15. The van der Waals surface area contributed by atoms with Crippen molar-refractivity contribution in [2.45, 2.75) is 12.8 Å². The highest BCUT2D eigenvalue weighted by Crippen LogP contribution is 2.37. The van der Waals surface area contributed by atoms with Gasteiger partial charge in [-0.25, -0.2) is 0 Å². The average Bonchev–Trinajstić information content (AvgIpc) is 2.94. The van der Waals surface area contributed by atoms with Crippen LogP contribution in [0, 0.1) is 5.92 Å². The summed E-state index contributed by atoms with van der Waals surface area (Å²) in [5, 5.41) is 0.621. The molecule has 0 N–H and O–H groups in total. The first kappa shape index (κ1) is 16.5. The maximum absolute atomic E-state index is 12.9. The van der Waals surface area contributed by atoms with Crippen LogP contribution in [0.5, 0.6) is 0 Å². The third-order valence-corrected chi connectivity index (χ3v) is 4.47. The van der Waals surface area contributed by atoms with Crippen LogP contribution >= 0.6 is 11.6 Å². The molecule has 4 nitrogen and oxygen atoms in total. The number of halogens is 1. The van der Waals surface area contributed by atoms with Crippen LogP contribution in [0.1, 0.15) is 18.4 Å². The minimum atomic E-state index is -0.827. The molecular weight excluding hydrogens is 326 g/mol. The molecule has 1 aliphatic rings. The Balaban J connectivity index is 1.97. The molecule has 3 rings (SSSR count). The van der Waals surface area contributed by atoms with Gasteiger partial charge in [-0.15, -0.1) is 0 Å². The summed E-state index contributed by atoms with van der Waals surface area (Å²) in [6.07, 6.45) is 0. The molecule has 24 heavy (non-hydrogen) atoms. The van der Waals surface area contributed by atoms with Gasteiger partial charge in [-0.2, -0.15) is 0 Å². The van der Waals surface area contributed by atoms with Crippen molar-refractivity contribution >= 4 is 29.2 Å². The molecule has 2 aromatic carbocycles. The summed E-state index contributed by atoms with van der Waals surface area (Å²) in [5.74, 6) is -1.78. The highest BCUT2D eigenvalue weighted by Gasteiger charge is 2.47. The van der Waals surface area contributed by atoms with E-state index < -0.39 is 11.9 Å². The Bertz CT molecular complexity index is 730. The highest BCUT2D eigenvalue weighted by molar-refractivity contribution is 6.30. The predicted octanol–water partition coefficient (Wildman–Crippen LogP) is 3.65. The number of nitrogens with zero attached hydrogens (tertiary/aromatic N) is 1. The van der Waals surface area contributed by atoms with Gasteiger partial charge in [0.2, 0.25) is 5.91 Å². The molecule has 2 aromatic rings. The van der Waals surface area contributed by atoms with Gasteiger partial charge in [0.1, 0.15) is 5.92 Å². The van der Waals surface area contributed by atoms with Crippen molar-refractivity contribution in [3.63, 3.8) is 0 Å².